The topological polar surface area (TPSA) is 9.23 Å². The molecular formula is C28H38F2O. The molecule has 0 heterocycles. The van der Waals surface area contributed by atoms with Crippen LogP contribution in [0.4, 0.5) is 8.78 Å². The van der Waals surface area contributed by atoms with E-state index in [1.165, 1.54) is 44.6 Å². The second kappa shape index (κ2) is 10.3. The third kappa shape index (κ3) is 5.07. The maximum Gasteiger partial charge on any atom is 0.200 e. The molecule has 3 aliphatic rings. The number of fused-ring (bicyclic) bond motifs is 1. The van der Waals surface area contributed by atoms with Gasteiger partial charge in [-0.25, -0.2) is 4.39 Å². The quantitative estimate of drug-likeness (QED) is 0.415. The van der Waals surface area contributed by atoms with Gasteiger partial charge >= 0.3 is 0 Å². The molecule has 1 nitrogen and oxygen atoms in total. The van der Waals surface area contributed by atoms with Gasteiger partial charge < -0.3 is 4.74 Å². The molecule has 1 aromatic carbocycles. The number of hydrogen-bond donors (Lipinski definition) is 0. The minimum absolute atomic E-state index is 0.0178. The lowest BCUT2D eigenvalue weighted by atomic mass is 9.61. The summed E-state index contributed by atoms with van der Waals surface area (Å²) in [7, 11) is 0. The lowest BCUT2D eigenvalue weighted by molar-refractivity contribution is 0.0717. The summed E-state index contributed by atoms with van der Waals surface area (Å²) < 4.78 is 34.3. The van der Waals surface area contributed by atoms with Crippen LogP contribution in [0.25, 0.3) is 0 Å². The van der Waals surface area contributed by atoms with Crippen molar-refractivity contribution in [2.45, 2.75) is 77.0 Å². The summed E-state index contributed by atoms with van der Waals surface area (Å²) in [6.07, 6.45) is 18.8. The minimum Gasteiger partial charge on any atom is -0.486 e. The molecule has 0 saturated heterocycles. The van der Waals surface area contributed by atoms with E-state index in [2.05, 4.69) is 25.7 Å². The number of allylic oxidation sites excluding steroid dienone is 2. The van der Waals surface area contributed by atoms with Crippen LogP contribution >= 0.6 is 0 Å². The highest BCUT2D eigenvalue weighted by atomic mass is 19.2. The molecule has 0 amide bonds. The van der Waals surface area contributed by atoms with Crippen molar-refractivity contribution in [2.24, 2.45) is 29.6 Å². The van der Waals surface area contributed by atoms with Crippen LogP contribution in [0, 0.1) is 41.2 Å². The van der Waals surface area contributed by atoms with Crippen LogP contribution in [0.5, 0.6) is 5.75 Å². The SMILES string of the molecule is C=CCOc1ccc(C2CCC(C3CCC4CC(/C=C/C)CCC4C3)CC2)c(F)c1F. The van der Waals surface area contributed by atoms with E-state index >= 15 is 0 Å². The van der Waals surface area contributed by atoms with Gasteiger partial charge in [-0.3, -0.25) is 0 Å². The third-order valence-corrected chi connectivity index (χ3v) is 8.47. The Hall–Kier alpha value is -1.64. The molecule has 4 unspecified atom stereocenters. The first-order chi connectivity index (χ1) is 15.1. The predicted molar refractivity (Wildman–Crippen MR) is 123 cm³/mol. The van der Waals surface area contributed by atoms with Gasteiger partial charge in [-0.15, -0.1) is 0 Å². The first-order valence-corrected chi connectivity index (χ1v) is 12.4. The maximum atomic E-state index is 14.7. The fourth-order valence-corrected chi connectivity index (χ4v) is 6.86. The van der Waals surface area contributed by atoms with Crippen molar-refractivity contribution in [1.29, 1.82) is 0 Å². The van der Waals surface area contributed by atoms with Gasteiger partial charge in [0.15, 0.2) is 11.6 Å². The molecule has 0 bridgehead atoms. The Labute approximate surface area is 187 Å². The van der Waals surface area contributed by atoms with Crippen molar-refractivity contribution < 1.29 is 13.5 Å². The Bertz CT molecular complexity index is 777. The summed E-state index contributed by atoms with van der Waals surface area (Å²) in [5.74, 6) is 2.82. The van der Waals surface area contributed by atoms with Gasteiger partial charge in [-0.1, -0.05) is 30.9 Å². The number of hydrogen-bond acceptors (Lipinski definition) is 1. The molecular weight excluding hydrogens is 390 g/mol. The van der Waals surface area contributed by atoms with E-state index in [-0.39, 0.29) is 18.3 Å². The first kappa shape index (κ1) is 22.6. The molecule has 4 rings (SSSR count). The van der Waals surface area contributed by atoms with Crippen molar-refractivity contribution in [3.63, 3.8) is 0 Å². The fraction of sp³-hybridized carbons (Fsp3) is 0.643. The fourth-order valence-electron chi connectivity index (χ4n) is 6.86. The Morgan fingerprint density at radius 3 is 2.23 bits per heavy atom. The minimum atomic E-state index is -0.853. The van der Waals surface area contributed by atoms with E-state index in [1.54, 1.807) is 12.1 Å². The van der Waals surface area contributed by atoms with E-state index < -0.39 is 11.6 Å². The Morgan fingerprint density at radius 2 is 1.52 bits per heavy atom. The molecule has 170 valence electrons. The zero-order chi connectivity index (χ0) is 21.8. The number of ether oxygens (including phenoxy) is 1. The molecule has 3 fully saturated rings. The van der Waals surface area contributed by atoms with Crippen LogP contribution in [0.1, 0.15) is 82.6 Å². The van der Waals surface area contributed by atoms with Crippen molar-refractivity contribution in [1.82, 2.24) is 0 Å². The predicted octanol–water partition coefficient (Wildman–Crippen LogP) is 8.21. The number of halogens is 2. The Kier molecular flexibility index (Phi) is 7.51. The van der Waals surface area contributed by atoms with Crippen molar-refractivity contribution in [3.05, 3.63) is 54.1 Å². The average molecular weight is 429 g/mol. The standard InChI is InChI=1S/C28H38F2O/c1-3-5-19-6-7-24-18-23(13-12-22(24)17-19)20-8-10-21(11-9-20)25-14-15-26(31-16-4-2)28(30)27(25)29/h3-5,14-15,19-24H,2,6-13,16-18H2,1H3/b5-3+. The molecule has 4 atom stereocenters. The molecule has 3 heteroatoms. The van der Waals surface area contributed by atoms with Crippen LogP contribution in [0.3, 0.4) is 0 Å². The molecule has 3 saturated carbocycles. The normalized spacial score (nSPS) is 33.8. The van der Waals surface area contributed by atoms with E-state index in [9.17, 15) is 8.78 Å². The van der Waals surface area contributed by atoms with Gasteiger partial charge in [-0.2, -0.15) is 4.39 Å². The zero-order valence-electron chi connectivity index (χ0n) is 19.0. The van der Waals surface area contributed by atoms with Gasteiger partial charge in [-0.05, 0) is 118 Å². The lowest BCUT2D eigenvalue weighted by Gasteiger charge is -2.45. The molecule has 0 radical (unpaired) electrons. The van der Waals surface area contributed by atoms with Crippen LogP contribution in [0.15, 0.2) is 36.9 Å². The second-order valence-electron chi connectivity index (χ2n) is 10.2. The van der Waals surface area contributed by atoms with Gasteiger partial charge in [0, 0.05) is 0 Å². The smallest absolute Gasteiger partial charge is 0.200 e. The second-order valence-corrected chi connectivity index (χ2v) is 10.2. The molecule has 1 aromatic rings. The van der Waals surface area contributed by atoms with Gasteiger partial charge in [0.25, 0.3) is 0 Å². The van der Waals surface area contributed by atoms with Gasteiger partial charge in [0.2, 0.25) is 5.82 Å². The van der Waals surface area contributed by atoms with E-state index in [0.29, 0.717) is 5.56 Å². The summed E-state index contributed by atoms with van der Waals surface area (Å²) in [4.78, 5) is 0. The summed E-state index contributed by atoms with van der Waals surface area (Å²) in [6.45, 7) is 5.88. The van der Waals surface area contributed by atoms with Crippen LogP contribution < -0.4 is 4.74 Å². The van der Waals surface area contributed by atoms with Crippen molar-refractivity contribution in [3.8, 4) is 5.75 Å². The van der Waals surface area contributed by atoms with Crippen LogP contribution in [-0.4, -0.2) is 6.61 Å². The summed E-state index contributed by atoms with van der Waals surface area (Å²) in [5, 5.41) is 0. The number of benzene rings is 1. The maximum absolute atomic E-state index is 14.7. The summed E-state index contributed by atoms with van der Waals surface area (Å²) in [5.41, 5.74) is 0.535. The Balaban J connectivity index is 1.31. The van der Waals surface area contributed by atoms with Crippen LogP contribution in [-0.2, 0) is 0 Å². The number of rotatable bonds is 6. The third-order valence-electron chi connectivity index (χ3n) is 8.47. The molecule has 0 aromatic heterocycles. The molecule has 31 heavy (non-hydrogen) atoms. The first-order valence-electron chi connectivity index (χ1n) is 12.4. The highest BCUT2D eigenvalue weighted by Crippen LogP contribution is 2.50. The average Bonchev–Trinajstić information content (AvgIpc) is 2.80. The summed E-state index contributed by atoms with van der Waals surface area (Å²) in [6, 6.07) is 3.31. The molecule has 0 aliphatic heterocycles. The van der Waals surface area contributed by atoms with Gasteiger partial charge in [0.05, 0.1) is 0 Å². The van der Waals surface area contributed by atoms with E-state index in [4.69, 9.17) is 4.74 Å². The van der Waals surface area contributed by atoms with Gasteiger partial charge in [0.1, 0.15) is 6.61 Å². The Morgan fingerprint density at radius 1 is 0.871 bits per heavy atom. The van der Waals surface area contributed by atoms with Crippen LogP contribution in [0.2, 0.25) is 0 Å². The van der Waals surface area contributed by atoms with Crippen molar-refractivity contribution in [2.75, 3.05) is 6.61 Å². The molecule has 3 aliphatic carbocycles. The highest BCUT2D eigenvalue weighted by Gasteiger charge is 2.38. The van der Waals surface area contributed by atoms with E-state index in [0.717, 1.165) is 55.3 Å². The molecule has 0 N–H and O–H groups in total. The molecule has 0 spiro atoms. The van der Waals surface area contributed by atoms with Crippen molar-refractivity contribution >= 4 is 0 Å². The van der Waals surface area contributed by atoms with E-state index in [1.807, 2.05) is 0 Å². The highest BCUT2D eigenvalue weighted by molar-refractivity contribution is 5.33. The summed E-state index contributed by atoms with van der Waals surface area (Å²) >= 11 is 0. The largest absolute Gasteiger partial charge is 0.486 e. The monoisotopic (exact) mass is 428 g/mol. The zero-order valence-corrected chi connectivity index (χ0v) is 19.0. The lowest BCUT2D eigenvalue weighted by Crippen LogP contribution is -2.34.